The molecule has 0 fully saturated rings. The third-order valence-corrected chi connectivity index (χ3v) is 10.2. The zero-order valence-corrected chi connectivity index (χ0v) is 30.9. The largest absolute Gasteiger partial charge is 0.444 e. The van der Waals surface area contributed by atoms with Crippen LogP contribution in [0.25, 0.3) is 0 Å². The van der Waals surface area contributed by atoms with Gasteiger partial charge in [-0.25, -0.2) is 14.6 Å². The number of aromatic nitrogens is 2. The molecule has 2 aromatic heterocycles. The van der Waals surface area contributed by atoms with Gasteiger partial charge in [-0.3, -0.25) is 9.78 Å². The normalized spacial score (nSPS) is 13.7. The van der Waals surface area contributed by atoms with E-state index in [-0.39, 0.29) is 30.9 Å². The van der Waals surface area contributed by atoms with Crippen LogP contribution in [-0.4, -0.2) is 69.3 Å². The van der Waals surface area contributed by atoms with Crippen molar-refractivity contribution < 1.29 is 24.2 Å². The van der Waals surface area contributed by atoms with E-state index in [0.29, 0.717) is 25.3 Å². The molecule has 13 heteroatoms. The van der Waals surface area contributed by atoms with Crippen LogP contribution in [0.1, 0.15) is 65.9 Å². The zero-order chi connectivity index (χ0) is 36.0. The highest BCUT2D eigenvalue weighted by Crippen LogP contribution is 2.23. The van der Waals surface area contributed by atoms with Crippen molar-refractivity contribution in [2.75, 3.05) is 7.05 Å². The van der Waals surface area contributed by atoms with E-state index >= 15 is 0 Å². The lowest BCUT2D eigenvalue weighted by Crippen LogP contribution is -2.55. The molecule has 2 unspecified atom stereocenters. The lowest BCUT2D eigenvalue weighted by molar-refractivity contribution is -0.124. The second-order valence-corrected chi connectivity index (χ2v) is 15.1. The Morgan fingerprint density at radius 3 is 2.14 bits per heavy atom. The number of hydrogen-bond acceptors (Lipinski definition) is 9. The molecule has 2 heterocycles. The van der Waals surface area contributed by atoms with E-state index in [2.05, 4.69) is 39.8 Å². The Hall–Kier alpha value is -4.33. The van der Waals surface area contributed by atoms with Gasteiger partial charge < -0.3 is 30.7 Å². The van der Waals surface area contributed by atoms with E-state index in [0.717, 1.165) is 25.9 Å². The monoisotopic (exact) mass is 720 g/mol. The number of nitrogens with zero attached hydrogens (tertiary/aromatic N) is 3. The first-order valence-electron chi connectivity index (χ1n) is 16.8. The van der Waals surface area contributed by atoms with Crippen molar-refractivity contribution in [3.05, 3.63) is 104 Å². The molecule has 0 bridgehead atoms. The Kier molecular flexibility index (Phi) is 14.7. The minimum atomic E-state index is -1.05. The minimum absolute atomic E-state index is 0.0671. The average Bonchev–Trinajstić information content (AvgIpc) is 3.79. The molecule has 268 valence electrons. The molecular formula is C37H48N6O5S2. The number of urea groups is 1. The lowest BCUT2D eigenvalue weighted by Gasteiger charge is -2.30. The fourth-order valence-electron chi connectivity index (χ4n) is 5.35. The number of thiazole rings is 2. The summed E-state index contributed by atoms with van der Waals surface area (Å²) in [6, 6.07) is 16.8. The first-order chi connectivity index (χ1) is 24.0. The highest BCUT2D eigenvalue weighted by atomic mass is 32.1. The van der Waals surface area contributed by atoms with E-state index in [1.54, 1.807) is 30.1 Å². The summed E-state index contributed by atoms with van der Waals surface area (Å²) in [6.07, 6.45) is 2.68. The van der Waals surface area contributed by atoms with Gasteiger partial charge >= 0.3 is 12.1 Å². The van der Waals surface area contributed by atoms with Crippen molar-refractivity contribution >= 4 is 40.7 Å². The van der Waals surface area contributed by atoms with E-state index in [1.807, 2.05) is 80.7 Å². The van der Waals surface area contributed by atoms with Gasteiger partial charge in [-0.15, -0.1) is 22.7 Å². The van der Waals surface area contributed by atoms with Gasteiger partial charge in [-0.05, 0) is 42.2 Å². The van der Waals surface area contributed by atoms with Gasteiger partial charge in [0.25, 0.3) is 0 Å². The summed E-state index contributed by atoms with van der Waals surface area (Å²) in [5, 5.41) is 21.4. The van der Waals surface area contributed by atoms with Gasteiger partial charge in [-0.2, -0.15) is 0 Å². The summed E-state index contributed by atoms with van der Waals surface area (Å²) >= 11 is 2.95. The number of nitrogens with one attached hydrogen (secondary N) is 3. The SMILES string of the molecule is CC(C)c1cnc(CN(C)C(=O)N[C@H](C(=O)NC(Cc2ccccc2)C[C@@H](O)C(Cc2ccccc2)NC(=O)OCc2cncs2)C(C)C)s1. The second kappa shape index (κ2) is 19.2. The first-order valence-corrected chi connectivity index (χ1v) is 18.5. The van der Waals surface area contributed by atoms with Crippen molar-refractivity contribution in [3.8, 4) is 0 Å². The number of carbonyl (C=O) groups excluding carboxylic acids is 3. The summed E-state index contributed by atoms with van der Waals surface area (Å²) < 4.78 is 5.43. The first kappa shape index (κ1) is 38.5. The second-order valence-electron chi connectivity index (χ2n) is 13.0. The Balaban J connectivity index is 1.46. The van der Waals surface area contributed by atoms with Gasteiger partial charge in [0, 0.05) is 30.4 Å². The highest BCUT2D eigenvalue weighted by molar-refractivity contribution is 7.11. The summed E-state index contributed by atoms with van der Waals surface area (Å²) in [7, 11) is 1.68. The van der Waals surface area contributed by atoms with Crippen LogP contribution in [0, 0.1) is 5.92 Å². The summed E-state index contributed by atoms with van der Waals surface area (Å²) in [4.78, 5) is 52.0. The topological polar surface area (TPSA) is 146 Å². The van der Waals surface area contributed by atoms with Gasteiger partial charge in [0.2, 0.25) is 5.91 Å². The van der Waals surface area contributed by atoms with Crippen LogP contribution in [0.2, 0.25) is 0 Å². The average molecular weight is 721 g/mol. The fourth-order valence-corrected chi connectivity index (χ4v) is 6.83. The number of amides is 4. The molecule has 0 radical (unpaired) electrons. The summed E-state index contributed by atoms with van der Waals surface area (Å²) in [5.41, 5.74) is 3.56. The molecule has 0 aliphatic rings. The molecule has 0 aliphatic carbocycles. The number of hydrogen-bond donors (Lipinski definition) is 4. The van der Waals surface area contributed by atoms with Crippen molar-refractivity contribution in [1.82, 2.24) is 30.8 Å². The standard InChI is InChI=1S/C37H48N6O5S2/c1-24(2)32-20-39-33(50-32)21-43(5)36(46)42-34(25(3)4)35(45)40-28(16-26-12-8-6-9-13-26)18-31(44)30(17-27-14-10-7-11-15-27)41-37(47)48-22-29-19-38-23-49-29/h6-15,19-20,23-25,28,30-31,34,44H,16-18,21-22H2,1-5H3,(H,40,45)(H,41,47)(H,42,46)/t28?,30?,31-,34+/m1/s1. The number of aliphatic hydroxyl groups is 1. The predicted molar refractivity (Wildman–Crippen MR) is 197 cm³/mol. The van der Waals surface area contributed by atoms with E-state index < -0.39 is 30.3 Å². The van der Waals surface area contributed by atoms with Crippen molar-refractivity contribution in [2.24, 2.45) is 5.92 Å². The quantitative estimate of drug-likeness (QED) is 0.106. The van der Waals surface area contributed by atoms with Crippen LogP contribution < -0.4 is 16.0 Å². The number of aliphatic hydroxyl groups excluding tert-OH is 1. The lowest BCUT2D eigenvalue weighted by atomic mass is 9.93. The number of benzene rings is 2. The maximum atomic E-state index is 13.9. The van der Waals surface area contributed by atoms with Gasteiger partial charge in [-0.1, -0.05) is 88.4 Å². The van der Waals surface area contributed by atoms with Crippen LogP contribution in [0.4, 0.5) is 9.59 Å². The number of carbonyl (C=O) groups is 3. The zero-order valence-electron chi connectivity index (χ0n) is 29.2. The molecule has 4 aromatic rings. The molecule has 4 rings (SSSR count). The predicted octanol–water partition coefficient (Wildman–Crippen LogP) is 5.91. The third kappa shape index (κ3) is 12.2. The van der Waals surface area contributed by atoms with E-state index in [9.17, 15) is 19.5 Å². The molecule has 2 aromatic carbocycles. The van der Waals surface area contributed by atoms with Crippen LogP contribution in [0.5, 0.6) is 0 Å². The third-order valence-electron chi connectivity index (χ3n) is 8.18. The fraction of sp³-hybridized carbons (Fsp3) is 0.432. The van der Waals surface area contributed by atoms with E-state index in [1.165, 1.54) is 16.2 Å². The van der Waals surface area contributed by atoms with Crippen LogP contribution >= 0.6 is 22.7 Å². The maximum Gasteiger partial charge on any atom is 0.407 e. The molecule has 4 atom stereocenters. The molecule has 0 saturated carbocycles. The molecule has 11 nitrogen and oxygen atoms in total. The molecule has 50 heavy (non-hydrogen) atoms. The Bertz CT molecular complexity index is 1620. The van der Waals surface area contributed by atoms with Crippen molar-refractivity contribution in [3.63, 3.8) is 0 Å². The van der Waals surface area contributed by atoms with Crippen LogP contribution in [-0.2, 0) is 35.5 Å². The van der Waals surface area contributed by atoms with Crippen LogP contribution in [0.15, 0.2) is 78.6 Å². The highest BCUT2D eigenvalue weighted by Gasteiger charge is 2.31. The molecule has 4 N–H and O–H groups in total. The minimum Gasteiger partial charge on any atom is -0.444 e. The molecular weight excluding hydrogens is 673 g/mol. The molecule has 0 saturated heterocycles. The van der Waals surface area contributed by atoms with Gasteiger partial charge in [0.05, 0.1) is 29.1 Å². The van der Waals surface area contributed by atoms with E-state index in [4.69, 9.17) is 4.74 Å². The molecule has 0 aliphatic heterocycles. The van der Waals surface area contributed by atoms with Gasteiger partial charge in [0.1, 0.15) is 17.7 Å². The Morgan fingerprint density at radius 1 is 0.900 bits per heavy atom. The number of rotatable bonds is 17. The molecule has 4 amide bonds. The number of ether oxygens (including phenoxy) is 1. The summed E-state index contributed by atoms with van der Waals surface area (Å²) in [6.45, 7) is 8.34. The van der Waals surface area contributed by atoms with Crippen molar-refractivity contribution in [2.45, 2.75) is 90.3 Å². The maximum absolute atomic E-state index is 13.9. The van der Waals surface area contributed by atoms with Crippen LogP contribution in [0.3, 0.4) is 0 Å². The number of alkyl carbamates (subject to hydrolysis) is 1. The molecule has 0 spiro atoms. The Morgan fingerprint density at radius 2 is 1.56 bits per heavy atom. The van der Waals surface area contributed by atoms with Crippen molar-refractivity contribution in [1.29, 1.82) is 0 Å². The smallest absolute Gasteiger partial charge is 0.407 e. The van der Waals surface area contributed by atoms with Gasteiger partial charge in [0.15, 0.2) is 0 Å². The summed E-state index contributed by atoms with van der Waals surface area (Å²) in [5.74, 6) is -0.227. The Labute approximate surface area is 302 Å².